The van der Waals surface area contributed by atoms with Crippen LogP contribution in [-0.4, -0.2) is 29.6 Å². The molecule has 0 fully saturated rings. The molecule has 3 rings (SSSR count). The molecule has 0 spiro atoms. The number of hydrogen-bond donors (Lipinski definition) is 2. The molecule has 0 saturated heterocycles. The van der Waals surface area contributed by atoms with Crippen LogP contribution in [0.25, 0.3) is 11.5 Å². The Morgan fingerprint density at radius 3 is 2.64 bits per heavy atom. The van der Waals surface area contributed by atoms with E-state index < -0.39 is 0 Å². The summed E-state index contributed by atoms with van der Waals surface area (Å²) in [6.45, 7) is 3.86. The summed E-state index contributed by atoms with van der Waals surface area (Å²) in [4.78, 5) is 13.0. The summed E-state index contributed by atoms with van der Waals surface area (Å²) >= 11 is 0. The van der Waals surface area contributed by atoms with Crippen LogP contribution in [0.4, 0.5) is 0 Å². The van der Waals surface area contributed by atoms with Crippen LogP contribution in [0.15, 0.2) is 64.3 Å². The Hall–Kier alpha value is -3.35. The minimum absolute atomic E-state index is 0.512. The molecule has 0 bridgehead atoms. The lowest BCUT2D eigenvalue weighted by atomic mass is 10.2. The third-order valence-electron chi connectivity index (χ3n) is 3.94. The van der Waals surface area contributed by atoms with Gasteiger partial charge >= 0.3 is 0 Å². The second-order valence-electron chi connectivity index (χ2n) is 6.14. The van der Waals surface area contributed by atoms with Crippen molar-refractivity contribution < 1.29 is 9.15 Å². The fourth-order valence-electron chi connectivity index (χ4n) is 2.49. The smallest absolute Gasteiger partial charge is 0.226 e. The van der Waals surface area contributed by atoms with Gasteiger partial charge in [0.25, 0.3) is 0 Å². The number of guanidine groups is 1. The van der Waals surface area contributed by atoms with Gasteiger partial charge in [0, 0.05) is 31.4 Å². The quantitative estimate of drug-likeness (QED) is 0.461. The molecule has 0 saturated carbocycles. The van der Waals surface area contributed by atoms with Gasteiger partial charge in [-0.15, -0.1) is 0 Å². The summed E-state index contributed by atoms with van der Waals surface area (Å²) in [5.74, 6) is 1.93. The second kappa shape index (κ2) is 10.1. The first-order valence-electron chi connectivity index (χ1n) is 9.30. The standard InChI is InChI=1S/C21H25N5O2/c1-3-11-27-19-10-9-16(12-23-19)13-24-21(22-2)25-14-18-15-28-20(26-18)17-7-5-4-6-8-17/h4-10,12,15H,3,11,13-14H2,1-2H3,(H2,22,24,25). The lowest BCUT2D eigenvalue weighted by molar-refractivity contribution is 0.305. The maximum Gasteiger partial charge on any atom is 0.226 e. The van der Waals surface area contributed by atoms with E-state index >= 15 is 0 Å². The average molecular weight is 379 g/mol. The van der Waals surface area contributed by atoms with Crippen molar-refractivity contribution in [1.29, 1.82) is 0 Å². The van der Waals surface area contributed by atoms with E-state index in [0.29, 0.717) is 37.4 Å². The van der Waals surface area contributed by atoms with E-state index in [1.165, 1.54) is 0 Å². The fourth-order valence-corrected chi connectivity index (χ4v) is 2.49. The molecule has 0 atom stereocenters. The maximum atomic E-state index is 5.55. The second-order valence-corrected chi connectivity index (χ2v) is 6.14. The van der Waals surface area contributed by atoms with E-state index in [9.17, 15) is 0 Å². The summed E-state index contributed by atoms with van der Waals surface area (Å²) < 4.78 is 11.0. The SMILES string of the molecule is CCCOc1ccc(CNC(=NC)NCc2coc(-c3ccccc3)n2)cn1. The molecule has 3 aromatic rings. The monoisotopic (exact) mass is 379 g/mol. The van der Waals surface area contributed by atoms with Gasteiger partial charge < -0.3 is 19.8 Å². The molecule has 2 N–H and O–H groups in total. The van der Waals surface area contributed by atoms with Crippen LogP contribution in [0, 0.1) is 0 Å². The first-order valence-corrected chi connectivity index (χ1v) is 9.30. The molecule has 7 nitrogen and oxygen atoms in total. The first kappa shape index (κ1) is 19.4. The fraction of sp³-hybridized carbons (Fsp3) is 0.286. The third kappa shape index (κ3) is 5.57. The van der Waals surface area contributed by atoms with Gasteiger partial charge in [-0.3, -0.25) is 4.99 Å². The molecular formula is C21H25N5O2. The maximum absolute atomic E-state index is 5.55. The van der Waals surface area contributed by atoms with Crippen molar-refractivity contribution >= 4 is 5.96 Å². The van der Waals surface area contributed by atoms with Gasteiger partial charge in [-0.05, 0) is 24.1 Å². The number of rotatable bonds is 8. The van der Waals surface area contributed by atoms with Crippen molar-refractivity contribution in [1.82, 2.24) is 20.6 Å². The predicted molar refractivity (Wildman–Crippen MR) is 109 cm³/mol. The number of pyridine rings is 1. The summed E-state index contributed by atoms with van der Waals surface area (Å²) in [5.41, 5.74) is 2.80. The summed E-state index contributed by atoms with van der Waals surface area (Å²) in [5, 5.41) is 6.49. The number of ether oxygens (including phenoxy) is 1. The largest absolute Gasteiger partial charge is 0.478 e. The summed E-state index contributed by atoms with van der Waals surface area (Å²) in [6.07, 6.45) is 4.42. The Bertz CT molecular complexity index is 875. The number of aliphatic imine (C=N–C) groups is 1. The number of hydrogen-bond acceptors (Lipinski definition) is 5. The van der Waals surface area contributed by atoms with E-state index in [4.69, 9.17) is 9.15 Å². The molecule has 146 valence electrons. The van der Waals surface area contributed by atoms with E-state index in [1.807, 2.05) is 42.5 Å². The molecular weight excluding hydrogens is 354 g/mol. The van der Waals surface area contributed by atoms with Crippen LogP contribution in [-0.2, 0) is 13.1 Å². The topological polar surface area (TPSA) is 84.6 Å². The van der Waals surface area contributed by atoms with Crippen LogP contribution in [0.3, 0.4) is 0 Å². The van der Waals surface area contributed by atoms with Crippen molar-refractivity contribution in [2.24, 2.45) is 4.99 Å². The number of benzene rings is 1. The van der Waals surface area contributed by atoms with Crippen LogP contribution in [0.2, 0.25) is 0 Å². The highest BCUT2D eigenvalue weighted by molar-refractivity contribution is 5.79. The zero-order valence-corrected chi connectivity index (χ0v) is 16.2. The summed E-state index contributed by atoms with van der Waals surface area (Å²) in [7, 11) is 1.73. The van der Waals surface area contributed by atoms with Crippen LogP contribution < -0.4 is 15.4 Å². The molecule has 0 aliphatic rings. The normalized spacial score (nSPS) is 11.3. The van der Waals surface area contributed by atoms with Gasteiger partial charge in [-0.25, -0.2) is 9.97 Å². The van der Waals surface area contributed by atoms with Crippen molar-refractivity contribution in [2.75, 3.05) is 13.7 Å². The van der Waals surface area contributed by atoms with Crippen molar-refractivity contribution in [3.8, 4) is 17.3 Å². The van der Waals surface area contributed by atoms with Crippen molar-refractivity contribution in [2.45, 2.75) is 26.4 Å². The van der Waals surface area contributed by atoms with E-state index in [-0.39, 0.29) is 0 Å². The third-order valence-corrected chi connectivity index (χ3v) is 3.94. The van der Waals surface area contributed by atoms with Crippen LogP contribution >= 0.6 is 0 Å². The van der Waals surface area contributed by atoms with E-state index in [2.05, 4.69) is 32.5 Å². The van der Waals surface area contributed by atoms with Gasteiger partial charge in [-0.1, -0.05) is 31.2 Å². The zero-order chi connectivity index (χ0) is 19.6. The van der Waals surface area contributed by atoms with E-state index in [0.717, 1.165) is 23.2 Å². The lowest BCUT2D eigenvalue weighted by Crippen LogP contribution is -2.36. The Balaban J connectivity index is 1.48. The Labute approximate surface area is 164 Å². The van der Waals surface area contributed by atoms with Gasteiger partial charge in [-0.2, -0.15) is 0 Å². The van der Waals surface area contributed by atoms with Crippen LogP contribution in [0.5, 0.6) is 5.88 Å². The van der Waals surface area contributed by atoms with E-state index in [1.54, 1.807) is 19.5 Å². The molecule has 7 heteroatoms. The Kier molecular flexibility index (Phi) is 7.01. The minimum atomic E-state index is 0.512. The highest BCUT2D eigenvalue weighted by Crippen LogP contribution is 2.17. The molecule has 2 heterocycles. The molecule has 0 radical (unpaired) electrons. The average Bonchev–Trinajstić information content (AvgIpc) is 3.23. The van der Waals surface area contributed by atoms with Gasteiger partial charge in [0.1, 0.15) is 6.26 Å². The molecule has 2 aromatic heterocycles. The zero-order valence-electron chi connectivity index (χ0n) is 16.2. The number of aromatic nitrogens is 2. The number of nitrogens with one attached hydrogen (secondary N) is 2. The van der Waals surface area contributed by atoms with Gasteiger partial charge in [0.2, 0.25) is 11.8 Å². The van der Waals surface area contributed by atoms with Crippen molar-refractivity contribution in [3.63, 3.8) is 0 Å². The Morgan fingerprint density at radius 1 is 1.11 bits per heavy atom. The van der Waals surface area contributed by atoms with Gasteiger partial charge in [0.05, 0.1) is 18.8 Å². The lowest BCUT2D eigenvalue weighted by Gasteiger charge is -2.11. The summed E-state index contributed by atoms with van der Waals surface area (Å²) in [6, 6.07) is 13.7. The molecule has 1 aromatic carbocycles. The highest BCUT2D eigenvalue weighted by Gasteiger charge is 2.07. The number of nitrogens with zero attached hydrogens (tertiary/aromatic N) is 3. The highest BCUT2D eigenvalue weighted by atomic mass is 16.5. The first-order chi connectivity index (χ1) is 13.8. The Morgan fingerprint density at radius 2 is 1.93 bits per heavy atom. The minimum Gasteiger partial charge on any atom is -0.478 e. The van der Waals surface area contributed by atoms with Crippen LogP contribution in [0.1, 0.15) is 24.6 Å². The molecule has 28 heavy (non-hydrogen) atoms. The predicted octanol–water partition coefficient (Wildman–Crippen LogP) is 3.39. The molecule has 0 unspecified atom stereocenters. The van der Waals surface area contributed by atoms with Crippen molar-refractivity contribution in [3.05, 3.63) is 66.2 Å². The van der Waals surface area contributed by atoms with Gasteiger partial charge in [0.15, 0.2) is 5.96 Å². The molecule has 0 amide bonds. The molecule has 0 aliphatic carbocycles. The molecule has 0 aliphatic heterocycles. The number of oxazole rings is 1.